The van der Waals surface area contributed by atoms with Crippen molar-refractivity contribution < 1.29 is 4.39 Å². The Morgan fingerprint density at radius 3 is 2.86 bits per heavy atom. The van der Waals surface area contributed by atoms with E-state index in [1.807, 2.05) is 24.3 Å². The fourth-order valence-electron chi connectivity index (χ4n) is 2.01. The topological polar surface area (TPSA) is 52.5 Å². The summed E-state index contributed by atoms with van der Waals surface area (Å²) >= 11 is 3.29. The van der Waals surface area contributed by atoms with Gasteiger partial charge in [-0.15, -0.1) is 0 Å². The zero-order valence-corrected chi connectivity index (χ0v) is 12.4. The molecule has 102 valence electrons. The van der Waals surface area contributed by atoms with Gasteiger partial charge in [0.15, 0.2) is 0 Å². The van der Waals surface area contributed by atoms with E-state index in [0.717, 1.165) is 15.5 Å². The van der Waals surface area contributed by atoms with Gasteiger partial charge in [-0.05, 0) is 36.4 Å². The second-order valence-electron chi connectivity index (χ2n) is 4.44. The Balaban J connectivity index is 2.11. The molecular formula is C16H9BrFN3. The molecule has 0 aliphatic rings. The molecule has 0 radical (unpaired) electrons. The third kappa shape index (κ3) is 2.71. The van der Waals surface area contributed by atoms with Crippen LogP contribution in [0.25, 0.3) is 22.7 Å². The van der Waals surface area contributed by atoms with Crippen LogP contribution in [0.3, 0.4) is 0 Å². The number of halogens is 2. The molecule has 5 heteroatoms. The van der Waals surface area contributed by atoms with Crippen LogP contribution >= 0.6 is 15.9 Å². The van der Waals surface area contributed by atoms with Gasteiger partial charge in [0.25, 0.3) is 0 Å². The minimum absolute atomic E-state index is 0.281. The van der Waals surface area contributed by atoms with E-state index in [-0.39, 0.29) is 11.4 Å². The van der Waals surface area contributed by atoms with Crippen LogP contribution in [0.4, 0.5) is 4.39 Å². The van der Waals surface area contributed by atoms with Crippen molar-refractivity contribution in [3.63, 3.8) is 0 Å². The molecule has 0 amide bonds. The monoisotopic (exact) mass is 341 g/mol. The molecule has 0 spiro atoms. The zero-order chi connectivity index (χ0) is 14.8. The number of rotatable bonds is 2. The third-order valence-corrected chi connectivity index (χ3v) is 3.52. The molecule has 1 aromatic heterocycles. The van der Waals surface area contributed by atoms with E-state index in [1.165, 1.54) is 12.1 Å². The second-order valence-corrected chi connectivity index (χ2v) is 5.35. The molecule has 0 aliphatic carbocycles. The average molecular weight is 342 g/mol. The van der Waals surface area contributed by atoms with E-state index in [9.17, 15) is 9.65 Å². The van der Waals surface area contributed by atoms with Crippen LogP contribution in [0.5, 0.6) is 0 Å². The molecule has 0 atom stereocenters. The van der Waals surface area contributed by atoms with Crippen molar-refractivity contribution >= 4 is 38.6 Å². The van der Waals surface area contributed by atoms with Gasteiger partial charge in [-0.3, -0.25) is 0 Å². The second kappa shape index (κ2) is 5.51. The van der Waals surface area contributed by atoms with Gasteiger partial charge in [-0.1, -0.05) is 28.1 Å². The standard InChI is InChI=1S/C16H9BrFN3/c17-12-5-6-13(18)10(8-12)7-11(9-19)16-20-14-3-1-2-4-15(14)21-16/h1-8H,(H,20,21). The van der Waals surface area contributed by atoms with Crippen molar-refractivity contribution in [2.45, 2.75) is 0 Å². The average Bonchev–Trinajstić information content (AvgIpc) is 2.91. The number of nitrogens with one attached hydrogen (secondary N) is 1. The molecule has 0 unspecified atom stereocenters. The lowest BCUT2D eigenvalue weighted by Gasteiger charge is -1.99. The summed E-state index contributed by atoms with van der Waals surface area (Å²) in [5, 5.41) is 9.31. The van der Waals surface area contributed by atoms with Crippen molar-refractivity contribution in [2.75, 3.05) is 0 Å². The summed E-state index contributed by atoms with van der Waals surface area (Å²) in [4.78, 5) is 7.42. The Morgan fingerprint density at radius 1 is 1.29 bits per heavy atom. The summed E-state index contributed by atoms with van der Waals surface area (Å²) in [5.41, 5.74) is 2.22. The largest absolute Gasteiger partial charge is 0.337 e. The molecule has 3 rings (SSSR count). The molecule has 0 bridgehead atoms. The van der Waals surface area contributed by atoms with Crippen LogP contribution < -0.4 is 0 Å². The summed E-state index contributed by atoms with van der Waals surface area (Å²) in [6, 6.07) is 14.1. The van der Waals surface area contributed by atoms with E-state index < -0.39 is 0 Å². The highest BCUT2D eigenvalue weighted by Gasteiger charge is 2.09. The number of nitriles is 1. The van der Waals surface area contributed by atoms with E-state index in [4.69, 9.17) is 0 Å². The van der Waals surface area contributed by atoms with E-state index >= 15 is 0 Å². The van der Waals surface area contributed by atoms with Crippen LogP contribution in [0.1, 0.15) is 11.4 Å². The van der Waals surface area contributed by atoms with E-state index in [0.29, 0.717) is 11.4 Å². The molecule has 2 aromatic carbocycles. The molecule has 1 heterocycles. The number of aromatic amines is 1. The molecule has 0 aliphatic heterocycles. The first-order chi connectivity index (χ1) is 10.2. The summed E-state index contributed by atoms with van der Waals surface area (Å²) in [6.45, 7) is 0. The molecule has 3 aromatic rings. The summed E-state index contributed by atoms with van der Waals surface area (Å²) in [5.74, 6) is 0.0418. The van der Waals surface area contributed by atoms with Gasteiger partial charge in [-0.25, -0.2) is 9.37 Å². The molecular weight excluding hydrogens is 333 g/mol. The number of benzene rings is 2. The van der Waals surface area contributed by atoms with Gasteiger partial charge in [-0.2, -0.15) is 5.26 Å². The van der Waals surface area contributed by atoms with Gasteiger partial charge in [0, 0.05) is 10.0 Å². The Morgan fingerprint density at radius 2 is 2.10 bits per heavy atom. The van der Waals surface area contributed by atoms with Crippen molar-refractivity contribution in [3.8, 4) is 6.07 Å². The summed E-state index contributed by atoms with van der Waals surface area (Å²) in [6.07, 6.45) is 1.48. The number of para-hydroxylation sites is 2. The van der Waals surface area contributed by atoms with E-state index in [1.54, 1.807) is 12.1 Å². The van der Waals surface area contributed by atoms with Gasteiger partial charge in [0.2, 0.25) is 0 Å². The van der Waals surface area contributed by atoms with Crippen molar-refractivity contribution in [1.82, 2.24) is 9.97 Å². The highest BCUT2D eigenvalue weighted by atomic mass is 79.9. The van der Waals surface area contributed by atoms with Gasteiger partial charge < -0.3 is 4.98 Å². The van der Waals surface area contributed by atoms with Crippen LogP contribution in [0.2, 0.25) is 0 Å². The maximum Gasteiger partial charge on any atom is 0.149 e. The predicted octanol–water partition coefficient (Wildman–Crippen LogP) is 4.53. The first-order valence-corrected chi connectivity index (χ1v) is 6.98. The lowest BCUT2D eigenvalue weighted by Crippen LogP contribution is -1.87. The first kappa shape index (κ1) is 13.5. The lowest BCUT2D eigenvalue weighted by atomic mass is 10.1. The molecule has 1 N–H and O–H groups in total. The third-order valence-electron chi connectivity index (χ3n) is 3.02. The number of aromatic nitrogens is 2. The SMILES string of the molecule is N#CC(=Cc1cc(Br)ccc1F)c1nc2ccccc2[nH]1. The minimum Gasteiger partial charge on any atom is -0.337 e. The number of fused-ring (bicyclic) bond motifs is 1. The minimum atomic E-state index is -0.387. The summed E-state index contributed by atoms with van der Waals surface area (Å²) < 4.78 is 14.5. The predicted molar refractivity (Wildman–Crippen MR) is 83.7 cm³/mol. The number of allylic oxidation sites excluding steroid dienone is 1. The van der Waals surface area contributed by atoms with Crippen molar-refractivity contribution in [2.24, 2.45) is 0 Å². The maximum atomic E-state index is 13.8. The van der Waals surface area contributed by atoms with Crippen LogP contribution in [-0.2, 0) is 0 Å². The molecule has 0 saturated carbocycles. The first-order valence-electron chi connectivity index (χ1n) is 6.19. The van der Waals surface area contributed by atoms with Crippen LogP contribution in [0, 0.1) is 17.1 Å². The molecule has 0 saturated heterocycles. The highest BCUT2D eigenvalue weighted by Crippen LogP contribution is 2.22. The Bertz CT molecular complexity index is 857. The van der Waals surface area contributed by atoms with Crippen LogP contribution in [-0.4, -0.2) is 9.97 Å². The molecule has 21 heavy (non-hydrogen) atoms. The number of H-pyrrole nitrogens is 1. The van der Waals surface area contributed by atoms with Crippen LogP contribution in [0.15, 0.2) is 46.9 Å². The van der Waals surface area contributed by atoms with Gasteiger partial charge >= 0.3 is 0 Å². The normalized spacial score (nSPS) is 11.6. The number of hydrogen-bond acceptors (Lipinski definition) is 2. The summed E-state index contributed by atoms with van der Waals surface area (Å²) in [7, 11) is 0. The zero-order valence-electron chi connectivity index (χ0n) is 10.8. The van der Waals surface area contributed by atoms with Crippen molar-refractivity contribution in [1.29, 1.82) is 5.26 Å². The molecule has 0 fully saturated rings. The lowest BCUT2D eigenvalue weighted by molar-refractivity contribution is 0.625. The fourth-order valence-corrected chi connectivity index (χ4v) is 2.39. The Hall–Kier alpha value is -2.45. The number of hydrogen-bond donors (Lipinski definition) is 1. The van der Waals surface area contributed by atoms with Gasteiger partial charge in [0.1, 0.15) is 17.7 Å². The fraction of sp³-hybridized carbons (Fsp3) is 0. The molecule has 3 nitrogen and oxygen atoms in total. The Labute approximate surface area is 128 Å². The van der Waals surface area contributed by atoms with E-state index in [2.05, 4.69) is 32.0 Å². The maximum absolute atomic E-state index is 13.8. The van der Waals surface area contributed by atoms with Crippen molar-refractivity contribution in [3.05, 3.63) is 64.1 Å². The number of imidazole rings is 1. The Kier molecular flexibility index (Phi) is 3.55. The highest BCUT2D eigenvalue weighted by molar-refractivity contribution is 9.10. The van der Waals surface area contributed by atoms with Gasteiger partial charge in [0.05, 0.1) is 16.6 Å². The smallest absolute Gasteiger partial charge is 0.149 e. The number of nitrogens with zero attached hydrogens (tertiary/aromatic N) is 2. The quantitative estimate of drug-likeness (QED) is 0.696.